The van der Waals surface area contributed by atoms with Gasteiger partial charge in [-0.3, -0.25) is 9.20 Å². The van der Waals surface area contributed by atoms with Crippen LogP contribution in [-0.4, -0.2) is 17.0 Å². The fraction of sp³-hybridized carbons (Fsp3) is 0.158. The van der Waals surface area contributed by atoms with Crippen molar-refractivity contribution in [1.29, 1.82) is 0 Å². The van der Waals surface area contributed by atoms with E-state index >= 15 is 0 Å². The summed E-state index contributed by atoms with van der Waals surface area (Å²) in [5.41, 5.74) is 3.35. The maximum absolute atomic E-state index is 12.6. The van der Waals surface area contributed by atoms with E-state index in [0.717, 1.165) is 22.2 Å². The monoisotopic (exact) mass is 307 g/mol. The summed E-state index contributed by atoms with van der Waals surface area (Å²) in [5, 5.41) is 0. The summed E-state index contributed by atoms with van der Waals surface area (Å²) < 4.78 is 6.52. The molecule has 0 unspecified atom stereocenters. The summed E-state index contributed by atoms with van der Waals surface area (Å²) in [6, 6.07) is 15.0. The van der Waals surface area contributed by atoms with Crippen molar-refractivity contribution in [1.82, 2.24) is 4.40 Å². The third-order valence-corrected chi connectivity index (χ3v) is 3.80. The normalized spacial score (nSPS) is 10.7. The van der Waals surface area contributed by atoms with E-state index in [1.165, 1.54) is 4.40 Å². The van der Waals surface area contributed by atoms with Crippen LogP contribution in [0.5, 0.6) is 0 Å². The minimum atomic E-state index is -0.592. The van der Waals surface area contributed by atoms with E-state index in [2.05, 4.69) is 0 Å². The second-order valence-electron chi connectivity index (χ2n) is 5.27. The van der Waals surface area contributed by atoms with Crippen LogP contribution in [0.2, 0.25) is 0 Å². The Labute approximate surface area is 134 Å². The molecule has 4 nitrogen and oxygen atoms in total. The molecule has 23 heavy (non-hydrogen) atoms. The molecule has 1 aromatic carbocycles. The zero-order valence-electron chi connectivity index (χ0n) is 13.1. The SMILES string of the molecule is CCOC(=O)c1cc(-c2ccccc2C)c2ccccn2c1=O. The Kier molecular flexibility index (Phi) is 3.98. The summed E-state index contributed by atoms with van der Waals surface area (Å²) in [4.78, 5) is 24.7. The number of rotatable bonds is 3. The average Bonchev–Trinajstić information content (AvgIpc) is 2.56. The van der Waals surface area contributed by atoms with Crippen molar-refractivity contribution in [2.45, 2.75) is 13.8 Å². The average molecular weight is 307 g/mol. The number of hydrogen-bond donors (Lipinski definition) is 0. The third kappa shape index (κ3) is 2.63. The van der Waals surface area contributed by atoms with Crippen LogP contribution in [0.1, 0.15) is 22.8 Å². The quantitative estimate of drug-likeness (QED) is 0.696. The second kappa shape index (κ2) is 6.08. The van der Waals surface area contributed by atoms with Crippen molar-refractivity contribution in [2.24, 2.45) is 0 Å². The molecular weight excluding hydrogens is 290 g/mol. The van der Waals surface area contributed by atoms with Crippen LogP contribution in [0.4, 0.5) is 0 Å². The van der Waals surface area contributed by atoms with Crippen LogP contribution < -0.4 is 5.56 Å². The van der Waals surface area contributed by atoms with Crippen molar-refractivity contribution in [3.05, 3.63) is 76.2 Å². The van der Waals surface area contributed by atoms with Crippen LogP contribution in [0.3, 0.4) is 0 Å². The first-order chi connectivity index (χ1) is 11.1. The lowest BCUT2D eigenvalue weighted by atomic mass is 9.98. The molecule has 0 radical (unpaired) electrons. The first-order valence-electron chi connectivity index (χ1n) is 7.51. The Balaban J connectivity index is 2.37. The number of aryl methyl sites for hydroxylation is 1. The fourth-order valence-corrected chi connectivity index (χ4v) is 2.70. The molecular formula is C19H17NO3. The summed E-state index contributed by atoms with van der Waals surface area (Å²) in [5.74, 6) is -0.592. The molecule has 0 fully saturated rings. The third-order valence-electron chi connectivity index (χ3n) is 3.80. The maximum Gasteiger partial charge on any atom is 0.343 e. The Bertz CT molecular complexity index is 941. The molecule has 0 aliphatic heterocycles. The van der Waals surface area contributed by atoms with Gasteiger partial charge < -0.3 is 4.74 Å². The minimum Gasteiger partial charge on any atom is -0.462 e. The molecule has 0 saturated heterocycles. The Morgan fingerprint density at radius 3 is 2.57 bits per heavy atom. The number of benzene rings is 1. The lowest BCUT2D eigenvalue weighted by Gasteiger charge is -2.12. The Morgan fingerprint density at radius 1 is 1.09 bits per heavy atom. The smallest absolute Gasteiger partial charge is 0.343 e. The predicted molar refractivity (Wildman–Crippen MR) is 89.8 cm³/mol. The molecule has 0 spiro atoms. The Hall–Kier alpha value is -2.88. The molecule has 4 heteroatoms. The summed E-state index contributed by atoms with van der Waals surface area (Å²) >= 11 is 0. The molecule has 3 rings (SSSR count). The van der Waals surface area contributed by atoms with Gasteiger partial charge in [0.15, 0.2) is 0 Å². The molecule has 0 aliphatic rings. The van der Waals surface area contributed by atoms with Gasteiger partial charge in [-0.15, -0.1) is 0 Å². The highest BCUT2D eigenvalue weighted by molar-refractivity contribution is 5.93. The highest BCUT2D eigenvalue weighted by Crippen LogP contribution is 2.27. The number of ether oxygens (including phenoxy) is 1. The van der Waals surface area contributed by atoms with Gasteiger partial charge in [0.1, 0.15) is 5.56 Å². The van der Waals surface area contributed by atoms with E-state index in [9.17, 15) is 9.59 Å². The van der Waals surface area contributed by atoms with Gasteiger partial charge >= 0.3 is 5.97 Å². The number of hydrogen-bond acceptors (Lipinski definition) is 3. The van der Waals surface area contributed by atoms with Gasteiger partial charge in [-0.25, -0.2) is 4.79 Å². The van der Waals surface area contributed by atoms with Gasteiger partial charge in [0, 0.05) is 11.8 Å². The standard InChI is InChI=1S/C19H17NO3/c1-3-23-19(22)16-12-15(14-9-5-4-8-13(14)2)17-10-6-7-11-20(17)18(16)21/h4-12H,3H2,1-2H3. The molecule has 0 atom stereocenters. The van der Waals surface area contributed by atoms with Crippen molar-refractivity contribution >= 4 is 11.5 Å². The van der Waals surface area contributed by atoms with E-state index in [0.29, 0.717) is 0 Å². The minimum absolute atomic E-state index is 0.0498. The topological polar surface area (TPSA) is 47.8 Å². The van der Waals surface area contributed by atoms with E-state index in [4.69, 9.17) is 4.74 Å². The Morgan fingerprint density at radius 2 is 1.83 bits per heavy atom. The number of carbonyl (C=O) groups excluding carboxylic acids is 1. The van der Waals surface area contributed by atoms with Gasteiger partial charge in [-0.2, -0.15) is 0 Å². The fourth-order valence-electron chi connectivity index (χ4n) is 2.70. The molecule has 0 saturated carbocycles. The van der Waals surface area contributed by atoms with Crippen LogP contribution in [-0.2, 0) is 4.74 Å². The molecule has 116 valence electrons. The van der Waals surface area contributed by atoms with E-state index in [1.807, 2.05) is 43.3 Å². The van der Waals surface area contributed by atoms with E-state index < -0.39 is 5.97 Å². The summed E-state index contributed by atoms with van der Waals surface area (Å²) in [6.45, 7) is 3.96. The van der Waals surface area contributed by atoms with Crippen molar-refractivity contribution in [2.75, 3.05) is 6.61 Å². The number of esters is 1. The number of aromatic nitrogens is 1. The molecule has 2 heterocycles. The number of carbonyl (C=O) groups is 1. The molecule has 2 aromatic heterocycles. The van der Waals surface area contributed by atoms with Gasteiger partial charge in [0.25, 0.3) is 5.56 Å². The van der Waals surface area contributed by atoms with Crippen molar-refractivity contribution in [3.63, 3.8) is 0 Å². The number of pyridine rings is 2. The largest absolute Gasteiger partial charge is 0.462 e. The molecule has 0 N–H and O–H groups in total. The van der Waals surface area contributed by atoms with Gasteiger partial charge in [-0.05, 0) is 43.2 Å². The molecule has 0 amide bonds. The van der Waals surface area contributed by atoms with Crippen molar-refractivity contribution < 1.29 is 9.53 Å². The number of fused-ring (bicyclic) bond motifs is 1. The zero-order valence-corrected chi connectivity index (χ0v) is 13.1. The first-order valence-corrected chi connectivity index (χ1v) is 7.51. The van der Waals surface area contributed by atoms with Gasteiger partial charge in [0.2, 0.25) is 0 Å². The van der Waals surface area contributed by atoms with Gasteiger partial charge in [-0.1, -0.05) is 30.3 Å². The van der Waals surface area contributed by atoms with Crippen LogP contribution >= 0.6 is 0 Å². The molecule has 0 aliphatic carbocycles. The second-order valence-corrected chi connectivity index (χ2v) is 5.27. The van der Waals surface area contributed by atoms with Crippen molar-refractivity contribution in [3.8, 4) is 11.1 Å². The summed E-state index contributed by atoms with van der Waals surface area (Å²) in [6.07, 6.45) is 1.67. The van der Waals surface area contributed by atoms with Gasteiger partial charge in [0.05, 0.1) is 12.1 Å². The maximum atomic E-state index is 12.6. The van der Waals surface area contributed by atoms with Crippen LogP contribution in [0.15, 0.2) is 59.5 Å². The highest BCUT2D eigenvalue weighted by atomic mass is 16.5. The lowest BCUT2D eigenvalue weighted by molar-refractivity contribution is 0.0524. The molecule has 3 aromatic rings. The van der Waals surface area contributed by atoms with Crippen LogP contribution in [0.25, 0.3) is 16.6 Å². The first kappa shape index (κ1) is 15.0. The number of nitrogens with zero attached hydrogens (tertiary/aromatic N) is 1. The summed E-state index contributed by atoms with van der Waals surface area (Å²) in [7, 11) is 0. The van der Waals surface area contributed by atoms with E-state index in [1.54, 1.807) is 25.3 Å². The van der Waals surface area contributed by atoms with Crippen LogP contribution in [0, 0.1) is 6.92 Å². The highest BCUT2D eigenvalue weighted by Gasteiger charge is 2.17. The molecule has 0 bridgehead atoms. The lowest BCUT2D eigenvalue weighted by Crippen LogP contribution is -2.23. The van der Waals surface area contributed by atoms with E-state index in [-0.39, 0.29) is 17.7 Å². The zero-order chi connectivity index (χ0) is 16.4. The predicted octanol–water partition coefficient (Wildman–Crippen LogP) is 3.45.